The Morgan fingerprint density at radius 2 is 1.93 bits per heavy atom. The Hall–Kier alpha value is -2.95. The maximum absolute atomic E-state index is 14.4. The zero-order valence-corrected chi connectivity index (χ0v) is 28.3. The Kier molecular flexibility index (Phi) is 10.4. The molecular formula is C34H43BrClN7O2. The first kappa shape index (κ1) is 32.0. The van der Waals surface area contributed by atoms with Crippen LogP contribution in [0.1, 0.15) is 73.9 Å². The molecule has 0 radical (unpaired) electrons. The number of amides is 3. The SMILES string of the molecule is CCN(CCCn1ccnc1)C(=O)[C@H]1CN(C2c3ccc(Cl)cc3CCc3cc(Br)cnc32)CCN1C(=O)NC1CCCCC1. The van der Waals surface area contributed by atoms with Gasteiger partial charge in [-0.2, -0.15) is 0 Å². The van der Waals surface area contributed by atoms with E-state index >= 15 is 0 Å². The highest BCUT2D eigenvalue weighted by molar-refractivity contribution is 9.10. The van der Waals surface area contributed by atoms with Gasteiger partial charge in [-0.3, -0.25) is 14.7 Å². The van der Waals surface area contributed by atoms with Crippen LogP contribution in [0.4, 0.5) is 4.79 Å². The quantitative estimate of drug-likeness (QED) is 0.320. The second-order valence-electron chi connectivity index (χ2n) is 12.5. The van der Waals surface area contributed by atoms with Crippen molar-refractivity contribution in [2.75, 3.05) is 32.7 Å². The minimum Gasteiger partial charge on any atom is -0.341 e. The number of carbonyl (C=O) groups is 2. The summed E-state index contributed by atoms with van der Waals surface area (Å²) in [6, 6.07) is 7.61. The van der Waals surface area contributed by atoms with E-state index in [2.05, 4.69) is 49.3 Å². The second-order valence-corrected chi connectivity index (χ2v) is 13.9. The van der Waals surface area contributed by atoms with Gasteiger partial charge >= 0.3 is 6.03 Å². The summed E-state index contributed by atoms with van der Waals surface area (Å²) in [4.78, 5) is 43.5. The molecule has 3 heterocycles. The number of likely N-dealkylation sites (N-methyl/N-ethyl adjacent to an activating group) is 1. The monoisotopic (exact) mass is 695 g/mol. The number of carbonyl (C=O) groups excluding carboxylic acids is 2. The molecule has 1 aromatic carbocycles. The maximum Gasteiger partial charge on any atom is 0.318 e. The lowest BCUT2D eigenvalue weighted by molar-refractivity contribution is -0.138. The molecule has 1 N–H and O–H groups in total. The molecule has 45 heavy (non-hydrogen) atoms. The number of piperazine rings is 1. The van der Waals surface area contributed by atoms with Gasteiger partial charge in [-0.15, -0.1) is 0 Å². The number of fused-ring (bicyclic) bond motifs is 2. The van der Waals surface area contributed by atoms with Crippen LogP contribution in [0.3, 0.4) is 0 Å². The van der Waals surface area contributed by atoms with Gasteiger partial charge < -0.3 is 19.7 Å². The molecule has 3 amide bonds. The van der Waals surface area contributed by atoms with Gasteiger partial charge in [0, 0.05) is 73.4 Å². The predicted molar refractivity (Wildman–Crippen MR) is 179 cm³/mol. The summed E-state index contributed by atoms with van der Waals surface area (Å²) in [5.74, 6) is 0.000524. The van der Waals surface area contributed by atoms with Gasteiger partial charge in [0.2, 0.25) is 5.91 Å². The minimum atomic E-state index is -0.603. The Morgan fingerprint density at radius 1 is 1.11 bits per heavy atom. The van der Waals surface area contributed by atoms with Crippen molar-refractivity contribution in [2.45, 2.75) is 83.0 Å². The highest BCUT2D eigenvalue weighted by Crippen LogP contribution is 2.38. The van der Waals surface area contributed by atoms with E-state index < -0.39 is 6.04 Å². The van der Waals surface area contributed by atoms with Crippen molar-refractivity contribution >= 4 is 39.5 Å². The third-order valence-electron chi connectivity index (χ3n) is 9.64. The van der Waals surface area contributed by atoms with Crippen LogP contribution in [0.5, 0.6) is 0 Å². The number of aryl methyl sites for hydroxylation is 3. The number of hydrogen-bond acceptors (Lipinski definition) is 5. The summed E-state index contributed by atoms with van der Waals surface area (Å²) in [5.41, 5.74) is 4.58. The van der Waals surface area contributed by atoms with Crippen molar-refractivity contribution in [3.63, 3.8) is 0 Å². The Balaban J connectivity index is 1.29. The number of hydrogen-bond donors (Lipinski definition) is 1. The predicted octanol–water partition coefficient (Wildman–Crippen LogP) is 5.85. The zero-order valence-electron chi connectivity index (χ0n) is 26.0. The van der Waals surface area contributed by atoms with Crippen LogP contribution in [0.2, 0.25) is 5.02 Å². The summed E-state index contributed by atoms with van der Waals surface area (Å²) in [7, 11) is 0. The Labute approximate surface area is 279 Å². The van der Waals surface area contributed by atoms with Crippen molar-refractivity contribution in [2.24, 2.45) is 0 Å². The first-order valence-electron chi connectivity index (χ1n) is 16.4. The molecule has 11 heteroatoms. The average Bonchev–Trinajstić information content (AvgIpc) is 3.52. The fourth-order valence-electron chi connectivity index (χ4n) is 7.28. The van der Waals surface area contributed by atoms with E-state index in [9.17, 15) is 9.59 Å². The molecule has 2 fully saturated rings. The number of rotatable bonds is 8. The number of imidazole rings is 1. The van der Waals surface area contributed by atoms with Crippen LogP contribution in [0.25, 0.3) is 0 Å². The number of benzene rings is 1. The number of nitrogens with one attached hydrogen (secondary N) is 1. The summed E-state index contributed by atoms with van der Waals surface area (Å²) in [5, 5.41) is 4.02. The molecule has 240 valence electrons. The average molecular weight is 697 g/mol. The number of pyridine rings is 1. The van der Waals surface area contributed by atoms with Gasteiger partial charge in [-0.25, -0.2) is 9.78 Å². The topological polar surface area (TPSA) is 86.6 Å². The summed E-state index contributed by atoms with van der Waals surface area (Å²) >= 11 is 10.1. The van der Waals surface area contributed by atoms with Gasteiger partial charge in [-0.05, 0) is 89.8 Å². The van der Waals surface area contributed by atoms with Crippen molar-refractivity contribution in [3.05, 3.63) is 81.1 Å². The summed E-state index contributed by atoms with van der Waals surface area (Å²) in [6.45, 7) is 5.54. The fourth-order valence-corrected chi connectivity index (χ4v) is 7.85. The molecule has 2 aromatic heterocycles. The minimum absolute atomic E-state index is 0.000524. The van der Waals surface area contributed by atoms with E-state index in [0.717, 1.165) is 66.7 Å². The maximum atomic E-state index is 14.4. The zero-order chi connectivity index (χ0) is 31.3. The highest BCUT2D eigenvalue weighted by atomic mass is 79.9. The normalized spacial score (nSPS) is 20.6. The molecule has 6 rings (SSSR count). The lowest BCUT2D eigenvalue weighted by Gasteiger charge is -2.45. The molecule has 1 aliphatic heterocycles. The van der Waals surface area contributed by atoms with Crippen molar-refractivity contribution < 1.29 is 9.59 Å². The Bertz CT molecular complexity index is 1430. The van der Waals surface area contributed by atoms with E-state index in [1.54, 1.807) is 17.4 Å². The van der Waals surface area contributed by atoms with Crippen LogP contribution in [0.15, 0.2) is 53.7 Å². The first-order chi connectivity index (χ1) is 21.9. The van der Waals surface area contributed by atoms with Crippen LogP contribution < -0.4 is 5.32 Å². The van der Waals surface area contributed by atoms with E-state index in [4.69, 9.17) is 16.6 Å². The standard InChI is InChI=1S/C34H43BrClN7O2/c1-2-41(15-6-14-40-16-13-37-23-40)33(44)30-22-42(17-18-43(30)34(45)39-28-7-4-3-5-8-28)32-29-12-11-27(36)20-24(29)9-10-25-19-26(35)21-38-31(25)32/h11-13,16,19-21,23,28,30,32H,2-10,14-15,17-18,22H2,1H3,(H,39,45)/t30-,32?/m1/s1. The van der Waals surface area contributed by atoms with E-state index in [-0.39, 0.29) is 24.0 Å². The van der Waals surface area contributed by atoms with Crippen molar-refractivity contribution in [1.29, 1.82) is 0 Å². The van der Waals surface area contributed by atoms with Gasteiger partial charge in [0.05, 0.1) is 18.1 Å². The molecule has 1 saturated carbocycles. The summed E-state index contributed by atoms with van der Waals surface area (Å²) in [6.07, 6.45) is 15.4. The third-order valence-corrected chi connectivity index (χ3v) is 10.3. The van der Waals surface area contributed by atoms with E-state index in [1.807, 2.05) is 34.9 Å². The molecule has 9 nitrogen and oxygen atoms in total. The second kappa shape index (κ2) is 14.6. The molecule has 0 spiro atoms. The molecule has 2 atom stereocenters. The lowest BCUT2D eigenvalue weighted by atomic mass is 9.94. The number of halogens is 2. The van der Waals surface area contributed by atoms with Gasteiger partial charge in [-0.1, -0.05) is 36.9 Å². The smallest absolute Gasteiger partial charge is 0.318 e. The van der Waals surface area contributed by atoms with Gasteiger partial charge in [0.25, 0.3) is 0 Å². The van der Waals surface area contributed by atoms with Crippen LogP contribution >= 0.6 is 27.5 Å². The lowest BCUT2D eigenvalue weighted by Crippen LogP contribution is -2.64. The molecule has 3 aliphatic rings. The molecule has 0 bridgehead atoms. The largest absolute Gasteiger partial charge is 0.341 e. The summed E-state index contributed by atoms with van der Waals surface area (Å²) < 4.78 is 2.99. The van der Waals surface area contributed by atoms with Crippen LogP contribution in [-0.2, 0) is 24.2 Å². The molecule has 1 unspecified atom stereocenters. The Morgan fingerprint density at radius 3 is 2.71 bits per heavy atom. The first-order valence-corrected chi connectivity index (χ1v) is 17.6. The highest BCUT2D eigenvalue weighted by Gasteiger charge is 2.42. The van der Waals surface area contributed by atoms with Crippen molar-refractivity contribution in [3.8, 4) is 0 Å². The molecule has 1 saturated heterocycles. The van der Waals surface area contributed by atoms with E-state index in [1.165, 1.54) is 23.1 Å². The molecular weight excluding hydrogens is 654 g/mol. The van der Waals surface area contributed by atoms with E-state index in [0.29, 0.717) is 32.7 Å². The number of aromatic nitrogens is 3. The number of urea groups is 1. The van der Waals surface area contributed by atoms with Gasteiger partial charge in [0.15, 0.2) is 0 Å². The number of nitrogens with zero attached hydrogens (tertiary/aromatic N) is 6. The van der Waals surface area contributed by atoms with Crippen molar-refractivity contribution in [1.82, 2.24) is 34.6 Å². The fraction of sp³-hybridized carbons (Fsp3) is 0.529. The molecule has 2 aliphatic carbocycles. The molecule has 3 aromatic rings. The van der Waals surface area contributed by atoms with Crippen LogP contribution in [-0.4, -0.2) is 86.0 Å². The third kappa shape index (κ3) is 7.39. The van der Waals surface area contributed by atoms with Gasteiger partial charge in [0.1, 0.15) is 6.04 Å². The van der Waals surface area contributed by atoms with Crippen LogP contribution in [0, 0.1) is 0 Å².